The quantitative estimate of drug-likeness (QED) is 0.895. The first kappa shape index (κ1) is 16.0. The van der Waals surface area contributed by atoms with Gasteiger partial charge in [-0.1, -0.05) is 37.6 Å². The van der Waals surface area contributed by atoms with Crippen molar-refractivity contribution in [1.82, 2.24) is 9.97 Å². The highest BCUT2D eigenvalue weighted by atomic mass is 35.5. The molecule has 2 rings (SSSR count). The standard InChI is InChI=1S/C16H15ClN2O3/c1-9(2)15-11(16(21)22)8-18-14(19-15)6-4-10-3-5-13(20)12(17)7-10/h3-9,20H,1-2H3,(H,21,22)/b6-4+. The summed E-state index contributed by atoms with van der Waals surface area (Å²) in [5.74, 6) is -0.630. The molecule has 2 aromatic rings. The summed E-state index contributed by atoms with van der Waals surface area (Å²) in [5.41, 5.74) is 1.38. The molecule has 6 heteroatoms. The Hall–Kier alpha value is -2.40. The predicted octanol–water partition coefficient (Wildman–Crippen LogP) is 3.83. The molecule has 0 radical (unpaired) electrons. The van der Waals surface area contributed by atoms with Crippen LogP contribution in [0.25, 0.3) is 12.2 Å². The molecule has 0 aliphatic rings. The van der Waals surface area contributed by atoms with Crippen LogP contribution in [0.4, 0.5) is 0 Å². The molecule has 1 aromatic carbocycles. The van der Waals surface area contributed by atoms with E-state index in [1.165, 1.54) is 12.3 Å². The molecule has 22 heavy (non-hydrogen) atoms. The monoisotopic (exact) mass is 318 g/mol. The smallest absolute Gasteiger partial charge is 0.339 e. The van der Waals surface area contributed by atoms with E-state index in [2.05, 4.69) is 9.97 Å². The number of benzene rings is 1. The van der Waals surface area contributed by atoms with Crippen molar-refractivity contribution in [2.24, 2.45) is 0 Å². The number of halogens is 1. The SMILES string of the molecule is CC(C)c1nc(/C=C/c2ccc(O)c(Cl)c2)ncc1C(=O)O. The lowest BCUT2D eigenvalue weighted by Crippen LogP contribution is -2.08. The summed E-state index contributed by atoms with van der Waals surface area (Å²) in [7, 11) is 0. The number of carboxylic acids is 1. The van der Waals surface area contributed by atoms with Crippen LogP contribution in [0, 0.1) is 0 Å². The maximum Gasteiger partial charge on any atom is 0.339 e. The predicted molar refractivity (Wildman–Crippen MR) is 85.1 cm³/mol. The molecule has 114 valence electrons. The Bertz CT molecular complexity index is 742. The highest BCUT2D eigenvalue weighted by molar-refractivity contribution is 6.32. The van der Waals surface area contributed by atoms with E-state index < -0.39 is 5.97 Å². The van der Waals surface area contributed by atoms with Crippen LogP contribution in [-0.4, -0.2) is 26.2 Å². The number of hydrogen-bond acceptors (Lipinski definition) is 4. The van der Waals surface area contributed by atoms with Crippen LogP contribution in [0.3, 0.4) is 0 Å². The molecule has 0 unspecified atom stereocenters. The zero-order chi connectivity index (χ0) is 16.3. The van der Waals surface area contributed by atoms with Crippen molar-refractivity contribution < 1.29 is 15.0 Å². The lowest BCUT2D eigenvalue weighted by molar-refractivity contribution is 0.0694. The Labute approximate surface area is 132 Å². The summed E-state index contributed by atoms with van der Waals surface area (Å²) in [6.45, 7) is 3.75. The Kier molecular flexibility index (Phi) is 4.78. The largest absolute Gasteiger partial charge is 0.506 e. The van der Waals surface area contributed by atoms with Crippen molar-refractivity contribution in [3.63, 3.8) is 0 Å². The number of aromatic carboxylic acids is 1. The van der Waals surface area contributed by atoms with E-state index in [1.54, 1.807) is 24.3 Å². The number of phenolic OH excluding ortho intramolecular Hbond substituents is 1. The van der Waals surface area contributed by atoms with E-state index in [0.29, 0.717) is 11.5 Å². The first-order valence-electron chi connectivity index (χ1n) is 6.65. The molecule has 0 amide bonds. The van der Waals surface area contributed by atoms with Crippen molar-refractivity contribution in [3.05, 3.63) is 52.1 Å². The molecule has 0 saturated heterocycles. The summed E-state index contributed by atoms with van der Waals surface area (Å²) in [5, 5.41) is 18.8. The minimum atomic E-state index is -1.04. The molecule has 0 fully saturated rings. The number of hydrogen-bond donors (Lipinski definition) is 2. The molecule has 0 bridgehead atoms. The van der Waals surface area contributed by atoms with Crippen molar-refractivity contribution in [2.75, 3.05) is 0 Å². The Balaban J connectivity index is 2.33. The number of rotatable bonds is 4. The van der Waals surface area contributed by atoms with E-state index in [9.17, 15) is 9.90 Å². The minimum absolute atomic E-state index is 0.0166. The first-order valence-corrected chi connectivity index (χ1v) is 7.03. The van der Waals surface area contributed by atoms with Gasteiger partial charge >= 0.3 is 5.97 Å². The maximum absolute atomic E-state index is 11.1. The highest BCUT2D eigenvalue weighted by Crippen LogP contribution is 2.24. The molecule has 0 spiro atoms. The molecule has 1 aromatic heterocycles. The number of nitrogens with zero attached hydrogens (tertiary/aromatic N) is 2. The van der Waals surface area contributed by atoms with E-state index in [4.69, 9.17) is 16.7 Å². The second-order valence-corrected chi connectivity index (χ2v) is 5.44. The zero-order valence-corrected chi connectivity index (χ0v) is 12.9. The molecule has 0 aliphatic heterocycles. The van der Waals surface area contributed by atoms with Crippen molar-refractivity contribution >= 4 is 29.7 Å². The number of phenols is 1. The number of carbonyl (C=O) groups is 1. The Morgan fingerprint density at radius 1 is 1.32 bits per heavy atom. The maximum atomic E-state index is 11.1. The first-order chi connectivity index (χ1) is 10.4. The highest BCUT2D eigenvalue weighted by Gasteiger charge is 2.15. The van der Waals surface area contributed by atoms with Gasteiger partial charge in [-0.15, -0.1) is 0 Å². The average Bonchev–Trinajstić information content (AvgIpc) is 2.48. The summed E-state index contributed by atoms with van der Waals surface area (Å²) in [4.78, 5) is 19.5. The van der Waals surface area contributed by atoms with Crippen molar-refractivity contribution in [2.45, 2.75) is 19.8 Å². The normalized spacial score (nSPS) is 11.3. The summed E-state index contributed by atoms with van der Waals surface area (Å²) in [6, 6.07) is 4.81. The van der Waals surface area contributed by atoms with Gasteiger partial charge in [-0.25, -0.2) is 14.8 Å². The van der Waals surface area contributed by atoms with Crippen LogP contribution < -0.4 is 0 Å². The van der Waals surface area contributed by atoms with Gasteiger partial charge in [-0.05, 0) is 29.7 Å². The lowest BCUT2D eigenvalue weighted by Gasteiger charge is -2.08. The van der Waals surface area contributed by atoms with Crippen molar-refractivity contribution in [1.29, 1.82) is 0 Å². The van der Waals surface area contributed by atoms with Gasteiger partial charge in [0.05, 0.1) is 16.3 Å². The Morgan fingerprint density at radius 2 is 2.05 bits per heavy atom. The topological polar surface area (TPSA) is 83.3 Å². The third-order valence-corrected chi connectivity index (χ3v) is 3.31. The van der Waals surface area contributed by atoms with Crippen LogP contribution in [0.2, 0.25) is 5.02 Å². The summed E-state index contributed by atoms with van der Waals surface area (Å²) >= 11 is 5.84. The van der Waals surface area contributed by atoms with Gasteiger partial charge in [-0.2, -0.15) is 0 Å². The van der Waals surface area contributed by atoms with Gasteiger partial charge in [0.1, 0.15) is 5.75 Å². The van der Waals surface area contributed by atoms with Gasteiger partial charge in [-0.3, -0.25) is 0 Å². The number of carboxylic acid groups (broad SMARTS) is 1. The fourth-order valence-electron chi connectivity index (χ4n) is 1.89. The average molecular weight is 319 g/mol. The Morgan fingerprint density at radius 3 is 2.64 bits per heavy atom. The number of aromatic nitrogens is 2. The molecule has 0 aliphatic carbocycles. The van der Waals surface area contributed by atoms with Crippen LogP contribution in [0.1, 0.15) is 47.2 Å². The lowest BCUT2D eigenvalue weighted by atomic mass is 10.1. The van der Waals surface area contributed by atoms with Gasteiger partial charge in [0, 0.05) is 6.20 Å². The molecular weight excluding hydrogens is 304 g/mol. The molecule has 1 heterocycles. The van der Waals surface area contributed by atoms with E-state index in [1.807, 2.05) is 13.8 Å². The van der Waals surface area contributed by atoms with Gasteiger partial charge in [0.15, 0.2) is 5.82 Å². The van der Waals surface area contributed by atoms with Crippen LogP contribution in [0.5, 0.6) is 5.75 Å². The second kappa shape index (κ2) is 6.58. The van der Waals surface area contributed by atoms with Gasteiger partial charge in [0.2, 0.25) is 0 Å². The molecule has 0 atom stereocenters. The molecule has 2 N–H and O–H groups in total. The molecular formula is C16H15ClN2O3. The minimum Gasteiger partial charge on any atom is -0.506 e. The van der Waals surface area contributed by atoms with Crippen LogP contribution in [-0.2, 0) is 0 Å². The van der Waals surface area contributed by atoms with E-state index in [0.717, 1.165) is 5.56 Å². The van der Waals surface area contributed by atoms with Gasteiger partial charge < -0.3 is 10.2 Å². The third kappa shape index (κ3) is 3.62. The van der Waals surface area contributed by atoms with Gasteiger partial charge in [0.25, 0.3) is 0 Å². The van der Waals surface area contributed by atoms with Crippen LogP contribution in [0.15, 0.2) is 24.4 Å². The van der Waals surface area contributed by atoms with E-state index >= 15 is 0 Å². The molecule has 0 saturated carbocycles. The fourth-order valence-corrected chi connectivity index (χ4v) is 2.08. The zero-order valence-electron chi connectivity index (χ0n) is 12.1. The number of aromatic hydroxyl groups is 1. The second-order valence-electron chi connectivity index (χ2n) is 5.03. The summed E-state index contributed by atoms with van der Waals surface area (Å²) < 4.78 is 0. The van der Waals surface area contributed by atoms with E-state index in [-0.39, 0.29) is 22.3 Å². The molecule has 5 nitrogen and oxygen atoms in total. The summed E-state index contributed by atoms with van der Waals surface area (Å²) in [6.07, 6.45) is 4.72. The van der Waals surface area contributed by atoms with Crippen molar-refractivity contribution in [3.8, 4) is 5.75 Å². The van der Waals surface area contributed by atoms with Crippen LogP contribution >= 0.6 is 11.6 Å². The fraction of sp³-hybridized carbons (Fsp3) is 0.188. The third-order valence-electron chi connectivity index (χ3n) is 3.01.